The summed E-state index contributed by atoms with van der Waals surface area (Å²) < 4.78 is 0. The summed E-state index contributed by atoms with van der Waals surface area (Å²) in [6.45, 7) is 14.1. The topological polar surface area (TPSA) is 0 Å². The van der Waals surface area contributed by atoms with E-state index in [1.165, 1.54) is 38.5 Å². The van der Waals surface area contributed by atoms with Gasteiger partial charge in [0.2, 0.25) is 0 Å². The van der Waals surface area contributed by atoms with E-state index in [4.69, 9.17) is 0 Å². The van der Waals surface area contributed by atoms with Crippen LogP contribution in [0.25, 0.3) is 0 Å². The van der Waals surface area contributed by atoms with Gasteiger partial charge in [-0.15, -0.1) is 0 Å². The summed E-state index contributed by atoms with van der Waals surface area (Å²) in [4.78, 5) is 0. The van der Waals surface area contributed by atoms with Crippen LogP contribution in [0.2, 0.25) is 0 Å². The Morgan fingerprint density at radius 3 is 2.63 bits per heavy atom. The summed E-state index contributed by atoms with van der Waals surface area (Å²) in [5.41, 5.74) is 3.61. The molecule has 0 aromatic carbocycles. The maximum absolute atomic E-state index is 2.47. The summed E-state index contributed by atoms with van der Waals surface area (Å²) in [6, 6.07) is 0. The lowest BCUT2D eigenvalue weighted by molar-refractivity contribution is 0.265. The molecule has 0 radical (unpaired) electrons. The summed E-state index contributed by atoms with van der Waals surface area (Å²) in [6.07, 6.45) is 12.8. The van der Waals surface area contributed by atoms with Crippen molar-refractivity contribution in [3.05, 3.63) is 23.3 Å². The molecule has 1 rings (SSSR count). The van der Waals surface area contributed by atoms with Gasteiger partial charge in [0.15, 0.2) is 0 Å². The van der Waals surface area contributed by atoms with Crippen LogP contribution in [-0.2, 0) is 0 Å². The van der Waals surface area contributed by atoms with Crippen molar-refractivity contribution in [2.45, 2.75) is 80.1 Å². The highest BCUT2D eigenvalue weighted by Gasteiger charge is 2.25. The Kier molecular flexibility index (Phi) is 6.36. The van der Waals surface area contributed by atoms with Crippen LogP contribution in [0, 0.1) is 17.3 Å². The zero-order chi connectivity index (χ0) is 14.5. The Morgan fingerprint density at radius 1 is 1.47 bits per heavy atom. The van der Waals surface area contributed by atoms with Gasteiger partial charge in [-0.1, -0.05) is 51.0 Å². The van der Waals surface area contributed by atoms with E-state index in [2.05, 4.69) is 53.7 Å². The van der Waals surface area contributed by atoms with Crippen LogP contribution in [0.1, 0.15) is 80.1 Å². The fourth-order valence-corrected chi connectivity index (χ4v) is 3.56. The molecule has 2 unspecified atom stereocenters. The average molecular weight is 262 g/mol. The van der Waals surface area contributed by atoms with Gasteiger partial charge in [0.05, 0.1) is 0 Å². The Bertz CT molecular complexity index is 330. The van der Waals surface area contributed by atoms with Crippen LogP contribution in [0.15, 0.2) is 23.3 Å². The fourth-order valence-electron chi connectivity index (χ4n) is 3.56. The first-order valence-electron chi connectivity index (χ1n) is 8.22. The predicted molar refractivity (Wildman–Crippen MR) is 87.3 cm³/mol. The molecular formula is C19H34. The molecular weight excluding hydrogens is 228 g/mol. The van der Waals surface area contributed by atoms with Crippen molar-refractivity contribution < 1.29 is 0 Å². The molecule has 19 heavy (non-hydrogen) atoms. The largest absolute Gasteiger partial charge is 0.0879 e. The molecule has 0 heteroatoms. The first kappa shape index (κ1) is 16.5. The molecule has 0 amide bonds. The third kappa shape index (κ3) is 4.82. The van der Waals surface area contributed by atoms with Crippen LogP contribution in [0.5, 0.6) is 0 Å². The van der Waals surface area contributed by atoms with Crippen molar-refractivity contribution in [2.75, 3.05) is 0 Å². The van der Waals surface area contributed by atoms with Crippen LogP contribution >= 0.6 is 0 Å². The molecule has 0 saturated heterocycles. The summed E-state index contributed by atoms with van der Waals surface area (Å²) in [7, 11) is 0. The Hall–Kier alpha value is -0.520. The van der Waals surface area contributed by atoms with Crippen LogP contribution in [-0.4, -0.2) is 0 Å². The molecule has 0 fully saturated rings. The molecule has 0 aromatic rings. The van der Waals surface area contributed by atoms with Gasteiger partial charge in [-0.05, 0) is 69.6 Å². The summed E-state index contributed by atoms with van der Waals surface area (Å²) in [5, 5.41) is 0. The minimum absolute atomic E-state index is 0.387. The van der Waals surface area contributed by atoms with Gasteiger partial charge in [0.25, 0.3) is 0 Å². The zero-order valence-electron chi connectivity index (χ0n) is 14.1. The van der Waals surface area contributed by atoms with E-state index >= 15 is 0 Å². The van der Waals surface area contributed by atoms with E-state index in [0.29, 0.717) is 5.41 Å². The van der Waals surface area contributed by atoms with E-state index in [-0.39, 0.29) is 0 Å². The summed E-state index contributed by atoms with van der Waals surface area (Å²) >= 11 is 0. The lowest BCUT2D eigenvalue weighted by Crippen LogP contribution is -2.20. The van der Waals surface area contributed by atoms with Gasteiger partial charge in [0.1, 0.15) is 0 Å². The van der Waals surface area contributed by atoms with Gasteiger partial charge in [-0.2, -0.15) is 0 Å². The highest BCUT2D eigenvalue weighted by Crippen LogP contribution is 2.38. The van der Waals surface area contributed by atoms with E-state index in [9.17, 15) is 0 Å². The second kappa shape index (κ2) is 7.31. The van der Waals surface area contributed by atoms with Gasteiger partial charge in [0, 0.05) is 0 Å². The number of hydrogen-bond acceptors (Lipinski definition) is 0. The molecule has 1 aliphatic carbocycles. The molecule has 110 valence electrons. The van der Waals surface area contributed by atoms with Crippen LogP contribution in [0.3, 0.4) is 0 Å². The molecule has 0 aliphatic heterocycles. The Labute approximate surface area is 121 Å². The fraction of sp³-hybridized carbons (Fsp3) is 0.789. The highest BCUT2D eigenvalue weighted by atomic mass is 14.3. The maximum atomic E-state index is 2.47. The summed E-state index contributed by atoms with van der Waals surface area (Å²) in [5.74, 6) is 1.80. The number of rotatable bonds is 6. The van der Waals surface area contributed by atoms with Crippen LogP contribution < -0.4 is 0 Å². The lowest BCUT2D eigenvalue weighted by atomic mass is 9.73. The number of hydrogen-bond donors (Lipinski definition) is 0. The highest BCUT2D eigenvalue weighted by molar-refractivity contribution is 5.10. The van der Waals surface area contributed by atoms with Gasteiger partial charge < -0.3 is 0 Å². The third-order valence-corrected chi connectivity index (χ3v) is 5.31. The van der Waals surface area contributed by atoms with Crippen molar-refractivity contribution in [1.82, 2.24) is 0 Å². The first-order valence-corrected chi connectivity index (χ1v) is 8.22. The lowest BCUT2D eigenvalue weighted by Gasteiger charge is -2.32. The second-order valence-electron chi connectivity index (χ2n) is 7.15. The molecule has 0 nitrogen and oxygen atoms in total. The first-order chi connectivity index (χ1) is 8.90. The van der Waals surface area contributed by atoms with Crippen molar-refractivity contribution in [3.8, 4) is 0 Å². The second-order valence-corrected chi connectivity index (χ2v) is 7.15. The monoisotopic (exact) mass is 262 g/mol. The molecule has 0 heterocycles. The van der Waals surface area contributed by atoms with Crippen molar-refractivity contribution >= 4 is 0 Å². The van der Waals surface area contributed by atoms with Gasteiger partial charge >= 0.3 is 0 Å². The van der Waals surface area contributed by atoms with Crippen molar-refractivity contribution in [1.29, 1.82) is 0 Å². The standard InChI is InChI=1S/C19H34/c1-7-18(8-2)19(5,6)14-13-16(4)17-11-9-15(3)10-12-17/h7,9,16-17H,8,10-14H2,1-6H3. The molecule has 0 aromatic heterocycles. The smallest absolute Gasteiger partial charge is 0.0145 e. The van der Waals surface area contributed by atoms with Gasteiger partial charge in [-0.25, -0.2) is 0 Å². The van der Waals surface area contributed by atoms with E-state index in [1.807, 2.05) is 0 Å². The average Bonchev–Trinajstić information content (AvgIpc) is 2.38. The minimum Gasteiger partial charge on any atom is -0.0879 e. The maximum Gasteiger partial charge on any atom is -0.0145 e. The Balaban J connectivity index is 2.48. The zero-order valence-corrected chi connectivity index (χ0v) is 14.1. The normalized spacial score (nSPS) is 23.2. The predicted octanol–water partition coefficient (Wildman–Crippen LogP) is 6.53. The van der Waals surface area contributed by atoms with Crippen molar-refractivity contribution in [2.24, 2.45) is 17.3 Å². The Morgan fingerprint density at radius 2 is 2.16 bits per heavy atom. The molecule has 0 saturated carbocycles. The van der Waals surface area contributed by atoms with E-state index < -0.39 is 0 Å². The van der Waals surface area contributed by atoms with Gasteiger partial charge in [-0.3, -0.25) is 0 Å². The molecule has 2 atom stereocenters. The van der Waals surface area contributed by atoms with E-state index in [1.54, 1.807) is 11.1 Å². The third-order valence-electron chi connectivity index (χ3n) is 5.31. The van der Waals surface area contributed by atoms with E-state index in [0.717, 1.165) is 11.8 Å². The molecule has 0 N–H and O–H groups in total. The molecule has 0 spiro atoms. The number of allylic oxidation sites excluding steroid dienone is 4. The minimum atomic E-state index is 0.387. The quantitative estimate of drug-likeness (QED) is 0.477. The molecule has 0 bridgehead atoms. The van der Waals surface area contributed by atoms with Crippen LogP contribution in [0.4, 0.5) is 0 Å². The van der Waals surface area contributed by atoms with Crippen molar-refractivity contribution in [3.63, 3.8) is 0 Å². The molecule has 1 aliphatic rings. The SMILES string of the molecule is CC=C(CC)C(C)(C)CCC(C)C1CC=C(C)CC1.